The van der Waals surface area contributed by atoms with Gasteiger partial charge in [-0.2, -0.15) is 0 Å². The SMILES string of the molecule is COc1ccc(C(N)C(N)=O)c(Cl)c1OC. The van der Waals surface area contributed by atoms with Crippen molar-refractivity contribution in [1.29, 1.82) is 0 Å². The molecule has 0 aliphatic heterocycles. The summed E-state index contributed by atoms with van der Waals surface area (Å²) in [6.07, 6.45) is 0. The van der Waals surface area contributed by atoms with E-state index in [0.29, 0.717) is 17.1 Å². The maximum Gasteiger partial charge on any atom is 0.238 e. The molecule has 5 nitrogen and oxygen atoms in total. The van der Waals surface area contributed by atoms with Crippen LogP contribution in [0.2, 0.25) is 5.02 Å². The van der Waals surface area contributed by atoms with Crippen molar-refractivity contribution in [3.63, 3.8) is 0 Å². The summed E-state index contributed by atoms with van der Waals surface area (Å²) >= 11 is 6.04. The van der Waals surface area contributed by atoms with Gasteiger partial charge in [0.25, 0.3) is 0 Å². The third kappa shape index (κ3) is 2.20. The first kappa shape index (κ1) is 12.6. The highest BCUT2D eigenvalue weighted by molar-refractivity contribution is 6.33. The summed E-state index contributed by atoms with van der Waals surface area (Å²) in [5, 5.41) is 0.230. The molecule has 6 heteroatoms. The molecule has 4 N–H and O–H groups in total. The van der Waals surface area contributed by atoms with Crippen molar-refractivity contribution in [3.8, 4) is 11.5 Å². The number of rotatable bonds is 4. The Balaban J connectivity index is 3.29. The fourth-order valence-electron chi connectivity index (χ4n) is 1.30. The van der Waals surface area contributed by atoms with Crippen LogP contribution >= 0.6 is 11.6 Å². The van der Waals surface area contributed by atoms with Gasteiger partial charge in [0.05, 0.1) is 19.2 Å². The molecule has 1 aromatic carbocycles. The maximum absolute atomic E-state index is 11.0. The molecule has 1 aromatic rings. The Morgan fingerprint density at radius 1 is 1.38 bits per heavy atom. The maximum atomic E-state index is 11.0. The van der Waals surface area contributed by atoms with E-state index in [1.165, 1.54) is 14.2 Å². The van der Waals surface area contributed by atoms with Crippen LogP contribution in [0.3, 0.4) is 0 Å². The van der Waals surface area contributed by atoms with Gasteiger partial charge in [-0.3, -0.25) is 4.79 Å². The lowest BCUT2D eigenvalue weighted by Gasteiger charge is -2.15. The van der Waals surface area contributed by atoms with Crippen LogP contribution < -0.4 is 20.9 Å². The first-order valence-electron chi connectivity index (χ1n) is 4.48. The van der Waals surface area contributed by atoms with E-state index < -0.39 is 11.9 Å². The van der Waals surface area contributed by atoms with Gasteiger partial charge < -0.3 is 20.9 Å². The number of primary amides is 1. The molecule has 0 aliphatic carbocycles. The van der Waals surface area contributed by atoms with Gasteiger partial charge in [-0.05, 0) is 6.07 Å². The molecule has 0 spiro atoms. The van der Waals surface area contributed by atoms with E-state index in [4.69, 9.17) is 32.5 Å². The largest absolute Gasteiger partial charge is 0.493 e. The number of carbonyl (C=O) groups excluding carboxylic acids is 1. The summed E-state index contributed by atoms with van der Waals surface area (Å²) in [4.78, 5) is 11.0. The van der Waals surface area contributed by atoms with Crippen molar-refractivity contribution in [2.75, 3.05) is 14.2 Å². The van der Waals surface area contributed by atoms with E-state index in [0.717, 1.165) is 0 Å². The van der Waals surface area contributed by atoms with E-state index in [1.54, 1.807) is 12.1 Å². The van der Waals surface area contributed by atoms with Crippen LogP contribution in [0.4, 0.5) is 0 Å². The van der Waals surface area contributed by atoms with Gasteiger partial charge >= 0.3 is 0 Å². The lowest BCUT2D eigenvalue weighted by Crippen LogP contribution is -2.28. The second-order valence-corrected chi connectivity index (χ2v) is 3.46. The monoisotopic (exact) mass is 244 g/mol. The van der Waals surface area contributed by atoms with E-state index in [2.05, 4.69) is 0 Å². The van der Waals surface area contributed by atoms with E-state index in [-0.39, 0.29) is 5.02 Å². The molecule has 1 unspecified atom stereocenters. The van der Waals surface area contributed by atoms with Crippen LogP contribution in [0.15, 0.2) is 12.1 Å². The van der Waals surface area contributed by atoms with Gasteiger partial charge in [0.2, 0.25) is 5.91 Å². The fourth-order valence-corrected chi connectivity index (χ4v) is 1.65. The zero-order valence-electron chi connectivity index (χ0n) is 8.99. The quantitative estimate of drug-likeness (QED) is 0.822. The summed E-state index contributed by atoms with van der Waals surface area (Å²) in [7, 11) is 2.94. The Kier molecular flexibility index (Phi) is 3.98. The van der Waals surface area contributed by atoms with Crippen LogP contribution in [0.1, 0.15) is 11.6 Å². The second kappa shape index (κ2) is 5.05. The molecular weight excluding hydrogens is 232 g/mol. The lowest BCUT2D eigenvalue weighted by molar-refractivity contribution is -0.119. The lowest BCUT2D eigenvalue weighted by atomic mass is 10.1. The molecule has 0 aliphatic rings. The average Bonchev–Trinajstić information content (AvgIpc) is 2.27. The zero-order chi connectivity index (χ0) is 12.3. The number of amides is 1. The minimum atomic E-state index is -0.965. The van der Waals surface area contributed by atoms with Crippen LogP contribution in [0.5, 0.6) is 11.5 Å². The Morgan fingerprint density at radius 2 is 2.00 bits per heavy atom. The molecule has 0 bridgehead atoms. The second-order valence-electron chi connectivity index (χ2n) is 3.08. The van der Waals surface area contributed by atoms with Crippen LogP contribution in [-0.2, 0) is 4.79 Å². The first-order valence-corrected chi connectivity index (χ1v) is 4.86. The number of benzene rings is 1. The van der Waals surface area contributed by atoms with Crippen molar-refractivity contribution >= 4 is 17.5 Å². The highest BCUT2D eigenvalue weighted by Gasteiger charge is 2.20. The number of methoxy groups -OCH3 is 2. The zero-order valence-corrected chi connectivity index (χ0v) is 9.75. The summed E-state index contributed by atoms with van der Waals surface area (Å²) in [6, 6.07) is 2.23. The normalized spacial score (nSPS) is 12.0. The van der Waals surface area contributed by atoms with Crippen molar-refractivity contribution in [2.24, 2.45) is 11.5 Å². The van der Waals surface area contributed by atoms with Crippen LogP contribution in [0.25, 0.3) is 0 Å². The molecule has 88 valence electrons. The number of hydrogen-bond donors (Lipinski definition) is 2. The molecule has 16 heavy (non-hydrogen) atoms. The molecule has 1 rings (SSSR count). The third-order valence-corrected chi connectivity index (χ3v) is 2.55. The topological polar surface area (TPSA) is 87.6 Å². The molecule has 0 fully saturated rings. The number of halogens is 1. The summed E-state index contributed by atoms with van der Waals surface area (Å²) in [5.41, 5.74) is 11.1. The predicted molar refractivity (Wildman–Crippen MR) is 60.7 cm³/mol. The molecular formula is C10H13ClN2O3. The first-order chi connectivity index (χ1) is 7.52. The molecule has 0 saturated heterocycles. The third-order valence-electron chi connectivity index (χ3n) is 2.16. The predicted octanol–water partition coefficient (Wildman–Crippen LogP) is 0.842. The Labute approximate surface area is 98.3 Å². The molecule has 0 saturated carbocycles. The molecule has 0 radical (unpaired) electrons. The fraction of sp³-hybridized carbons (Fsp3) is 0.300. The van der Waals surface area contributed by atoms with Gasteiger partial charge in [0.1, 0.15) is 6.04 Å². The van der Waals surface area contributed by atoms with Gasteiger partial charge in [-0.15, -0.1) is 0 Å². The number of ether oxygens (including phenoxy) is 2. The molecule has 1 atom stereocenters. The minimum absolute atomic E-state index is 0.230. The van der Waals surface area contributed by atoms with Gasteiger partial charge in [0, 0.05) is 5.56 Å². The van der Waals surface area contributed by atoms with Crippen LogP contribution in [-0.4, -0.2) is 20.1 Å². The highest BCUT2D eigenvalue weighted by Crippen LogP contribution is 2.38. The smallest absolute Gasteiger partial charge is 0.238 e. The minimum Gasteiger partial charge on any atom is -0.493 e. The van der Waals surface area contributed by atoms with E-state index in [9.17, 15) is 4.79 Å². The summed E-state index contributed by atoms with van der Waals surface area (Å²) in [5.74, 6) is 0.139. The molecule has 0 heterocycles. The Bertz CT molecular complexity index is 409. The number of nitrogens with two attached hydrogens (primary N) is 2. The van der Waals surface area contributed by atoms with Gasteiger partial charge in [-0.1, -0.05) is 17.7 Å². The Morgan fingerprint density at radius 3 is 2.44 bits per heavy atom. The van der Waals surface area contributed by atoms with Crippen molar-refractivity contribution in [2.45, 2.75) is 6.04 Å². The van der Waals surface area contributed by atoms with Crippen molar-refractivity contribution in [1.82, 2.24) is 0 Å². The number of carbonyl (C=O) groups is 1. The van der Waals surface area contributed by atoms with Gasteiger partial charge in [0.15, 0.2) is 11.5 Å². The van der Waals surface area contributed by atoms with Gasteiger partial charge in [-0.25, -0.2) is 0 Å². The average molecular weight is 245 g/mol. The van der Waals surface area contributed by atoms with E-state index in [1.807, 2.05) is 0 Å². The van der Waals surface area contributed by atoms with E-state index >= 15 is 0 Å². The van der Waals surface area contributed by atoms with Crippen LogP contribution in [0, 0.1) is 0 Å². The highest BCUT2D eigenvalue weighted by atomic mass is 35.5. The standard InChI is InChI=1S/C10H13ClN2O3/c1-15-6-4-3-5(8(12)10(13)14)7(11)9(6)16-2/h3-4,8H,12H2,1-2H3,(H2,13,14). The summed E-state index contributed by atoms with van der Waals surface area (Å²) < 4.78 is 10.1. The summed E-state index contributed by atoms with van der Waals surface area (Å²) in [6.45, 7) is 0. The van der Waals surface area contributed by atoms with Crippen molar-refractivity contribution < 1.29 is 14.3 Å². The Hall–Kier alpha value is -1.46. The van der Waals surface area contributed by atoms with Crippen molar-refractivity contribution in [3.05, 3.63) is 22.7 Å². The molecule has 1 amide bonds. The molecule has 0 aromatic heterocycles. The number of hydrogen-bond acceptors (Lipinski definition) is 4.